The van der Waals surface area contributed by atoms with Gasteiger partial charge in [-0.1, -0.05) is 18.2 Å². The lowest BCUT2D eigenvalue weighted by Crippen LogP contribution is -2.52. The van der Waals surface area contributed by atoms with Gasteiger partial charge in [-0.25, -0.2) is 18.0 Å². The molecule has 0 bridgehead atoms. The molecule has 36 heavy (non-hydrogen) atoms. The molecule has 2 N–H and O–H groups in total. The van der Waals surface area contributed by atoms with Crippen LogP contribution in [0.3, 0.4) is 0 Å². The second-order valence-electron chi connectivity index (χ2n) is 10.5. The number of nitrogens with one attached hydrogen (secondary N) is 1. The molecule has 2 atom stereocenters. The summed E-state index contributed by atoms with van der Waals surface area (Å²) in [6.45, 7) is 5.59. The maximum atomic E-state index is 12.7. The summed E-state index contributed by atoms with van der Waals surface area (Å²) in [7, 11) is -3.83. The van der Waals surface area contributed by atoms with Crippen LogP contribution in [0.15, 0.2) is 24.3 Å². The number of carbonyl (C=O) groups is 2. The van der Waals surface area contributed by atoms with Crippen LogP contribution in [0, 0.1) is 0 Å². The summed E-state index contributed by atoms with van der Waals surface area (Å²) in [5.41, 5.74) is 0.199. The van der Waals surface area contributed by atoms with E-state index in [-0.39, 0.29) is 31.3 Å². The number of hydrogen-bond acceptors (Lipinski definition) is 8. The van der Waals surface area contributed by atoms with Gasteiger partial charge in [0.05, 0.1) is 31.1 Å². The highest BCUT2D eigenvalue weighted by molar-refractivity contribution is 7.88. The molecule has 3 rings (SSSR count). The van der Waals surface area contributed by atoms with Crippen molar-refractivity contribution in [1.29, 1.82) is 0 Å². The highest BCUT2D eigenvalue weighted by Gasteiger charge is 2.42. The Kier molecular flexibility index (Phi) is 9.23. The Bertz CT molecular complexity index is 1020. The van der Waals surface area contributed by atoms with Gasteiger partial charge in [0.2, 0.25) is 10.0 Å². The monoisotopic (exact) mass is 526 g/mol. The molecule has 11 heteroatoms. The quantitative estimate of drug-likeness (QED) is 0.498. The molecular formula is C25H38N2O8S. The Morgan fingerprint density at radius 3 is 2.39 bits per heavy atom. The summed E-state index contributed by atoms with van der Waals surface area (Å²) in [4.78, 5) is 23.6. The molecule has 202 valence electrons. The van der Waals surface area contributed by atoms with E-state index in [1.54, 1.807) is 26.8 Å². The molecule has 1 aliphatic heterocycles. The number of rotatable bonds is 9. The normalized spacial score (nSPS) is 24.8. The molecule has 2 fully saturated rings. The fraction of sp³-hybridized carbons (Fsp3) is 0.680. The third kappa shape index (κ3) is 7.81. The molecule has 1 aromatic carbocycles. The van der Waals surface area contributed by atoms with E-state index in [1.807, 2.05) is 18.2 Å². The molecule has 1 heterocycles. The average Bonchev–Trinajstić information content (AvgIpc) is 3.22. The Hall–Kier alpha value is -2.37. The molecular weight excluding hydrogens is 488 g/mol. The molecule has 2 aliphatic rings. The average molecular weight is 527 g/mol. The maximum absolute atomic E-state index is 12.7. The lowest BCUT2D eigenvalue weighted by Gasteiger charge is -2.34. The second-order valence-corrected chi connectivity index (χ2v) is 12.3. The minimum atomic E-state index is -3.83. The number of benzene rings is 1. The van der Waals surface area contributed by atoms with Crippen molar-refractivity contribution in [1.82, 2.24) is 9.62 Å². The zero-order valence-electron chi connectivity index (χ0n) is 21.4. The highest BCUT2D eigenvalue weighted by atomic mass is 32.2. The standard InChI is InChI=1S/C25H38N2O8S/c1-25(2,3)35-24(30)27(36(4,31)32)21-13-14-26-20(21)15-33-18-11-9-17(10-12-18)19-7-5-6-8-22(19)34-16-23(28)29/h5-8,17-18,20-21,26H,9-16H2,1-4H3,(H,28,29)/t17?,18?,20-,21-/m0/s1. The van der Waals surface area contributed by atoms with Gasteiger partial charge in [-0.15, -0.1) is 0 Å². The SMILES string of the molecule is CC(C)(C)OC(=O)N([C@H]1CCN[C@H]1COC1CCC(c2ccccc2OCC(=O)O)CC1)S(C)(=O)=O. The van der Waals surface area contributed by atoms with E-state index in [4.69, 9.17) is 19.3 Å². The third-order valence-electron chi connectivity index (χ3n) is 6.44. The van der Waals surface area contributed by atoms with E-state index in [1.165, 1.54) is 0 Å². The first-order valence-electron chi connectivity index (χ1n) is 12.4. The van der Waals surface area contributed by atoms with E-state index in [0.29, 0.717) is 18.7 Å². The van der Waals surface area contributed by atoms with Crippen LogP contribution in [-0.4, -0.2) is 79.7 Å². The zero-order valence-corrected chi connectivity index (χ0v) is 22.3. The number of ether oxygens (including phenoxy) is 3. The van der Waals surface area contributed by atoms with Gasteiger partial charge in [0.25, 0.3) is 0 Å². The number of hydrogen-bond donors (Lipinski definition) is 2. The number of carboxylic acid groups (broad SMARTS) is 1. The molecule has 1 saturated heterocycles. The molecule has 10 nitrogen and oxygen atoms in total. The van der Waals surface area contributed by atoms with Crippen LogP contribution in [0.25, 0.3) is 0 Å². The van der Waals surface area contributed by atoms with Gasteiger partial charge in [0.1, 0.15) is 11.4 Å². The topological polar surface area (TPSA) is 131 Å². The molecule has 0 radical (unpaired) electrons. The summed E-state index contributed by atoms with van der Waals surface area (Å²) in [5.74, 6) is -0.160. The van der Waals surface area contributed by atoms with Crippen LogP contribution in [0.2, 0.25) is 0 Å². The van der Waals surface area contributed by atoms with E-state index in [9.17, 15) is 18.0 Å². The van der Waals surface area contributed by atoms with Crippen LogP contribution in [0.1, 0.15) is 64.4 Å². The summed E-state index contributed by atoms with van der Waals surface area (Å²) in [6, 6.07) is 6.63. The molecule has 1 amide bonds. The van der Waals surface area contributed by atoms with Crippen molar-refractivity contribution in [3.63, 3.8) is 0 Å². The number of carbonyl (C=O) groups excluding carboxylic acids is 1. The minimum absolute atomic E-state index is 0.0182. The summed E-state index contributed by atoms with van der Waals surface area (Å²) in [6.07, 6.45) is 4.03. The summed E-state index contributed by atoms with van der Waals surface area (Å²) >= 11 is 0. The van der Waals surface area contributed by atoms with Gasteiger partial charge in [0.15, 0.2) is 6.61 Å². The minimum Gasteiger partial charge on any atom is -0.482 e. The predicted octanol–water partition coefficient (Wildman–Crippen LogP) is 3.12. The largest absolute Gasteiger partial charge is 0.482 e. The highest BCUT2D eigenvalue weighted by Crippen LogP contribution is 2.38. The Morgan fingerprint density at radius 1 is 1.11 bits per heavy atom. The van der Waals surface area contributed by atoms with Gasteiger partial charge < -0.3 is 24.6 Å². The van der Waals surface area contributed by atoms with E-state index in [2.05, 4.69) is 5.32 Å². The molecule has 1 saturated carbocycles. The van der Waals surface area contributed by atoms with Gasteiger partial charge in [-0.3, -0.25) is 0 Å². The van der Waals surface area contributed by atoms with Crippen LogP contribution in [0.5, 0.6) is 5.75 Å². The molecule has 0 spiro atoms. The van der Waals surface area contributed by atoms with Crippen LogP contribution >= 0.6 is 0 Å². The molecule has 1 aromatic rings. The van der Waals surface area contributed by atoms with Crippen molar-refractivity contribution >= 4 is 22.1 Å². The zero-order chi connectivity index (χ0) is 26.5. The van der Waals surface area contributed by atoms with Crippen LogP contribution < -0.4 is 10.1 Å². The number of para-hydroxylation sites is 1. The lowest BCUT2D eigenvalue weighted by atomic mass is 9.82. The summed E-state index contributed by atoms with van der Waals surface area (Å²) in [5, 5.41) is 12.2. The van der Waals surface area contributed by atoms with Crippen LogP contribution in [-0.2, 0) is 24.3 Å². The first-order valence-corrected chi connectivity index (χ1v) is 14.2. The van der Waals surface area contributed by atoms with E-state index in [0.717, 1.165) is 41.8 Å². The lowest BCUT2D eigenvalue weighted by molar-refractivity contribution is -0.139. The van der Waals surface area contributed by atoms with Crippen molar-refractivity contribution in [2.24, 2.45) is 0 Å². The summed E-state index contributed by atoms with van der Waals surface area (Å²) < 4.78 is 42.9. The van der Waals surface area contributed by atoms with Crippen molar-refractivity contribution in [3.05, 3.63) is 29.8 Å². The molecule has 0 aromatic heterocycles. The van der Waals surface area contributed by atoms with Crippen LogP contribution in [0.4, 0.5) is 4.79 Å². The first kappa shape index (κ1) is 28.2. The number of amides is 1. The maximum Gasteiger partial charge on any atom is 0.424 e. The number of aliphatic carboxylic acids is 1. The molecule has 1 aliphatic carbocycles. The fourth-order valence-corrected chi connectivity index (χ4v) is 5.95. The number of nitrogens with zero attached hydrogens (tertiary/aromatic N) is 1. The van der Waals surface area contributed by atoms with Gasteiger partial charge >= 0.3 is 12.1 Å². The molecule has 0 unspecified atom stereocenters. The smallest absolute Gasteiger partial charge is 0.424 e. The Labute approximate surface area is 213 Å². The van der Waals surface area contributed by atoms with E-state index < -0.39 is 33.7 Å². The van der Waals surface area contributed by atoms with Crippen molar-refractivity contribution in [2.45, 2.75) is 82.6 Å². The Balaban J connectivity index is 1.57. The number of carboxylic acids is 1. The second kappa shape index (κ2) is 11.8. The fourth-order valence-electron chi connectivity index (χ4n) is 4.90. The van der Waals surface area contributed by atoms with Gasteiger partial charge in [-0.2, -0.15) is 4.31 Å². The van der Waals surface area contributed by atoms with Crippen molar-refractivity contribution in [2.75, 3.05) is 26.0 Å². The third-order valence-corrected chi connectivity index (χ3v) is 7.57. The Morgan fingerprint density at radius 2 is 1.78 bits per heavy atom. The van der Waals surface area contributed by atoms with E-state index >= 15 is 0 Å². The number of sulfonamides is 1. The first-order chi connectivity index (χ1) is 16.8. The predicted molar refractivity (Wildman–Crippen MR) is 134 cm³/mol. The van der Waals surface area contributed by atoms with Crippen molar-refractivity contribution < 1.29 is 37.3 Å². The van der Waals surface area contributed by atoms with Crippen molar-refractivity contribution in [3.8, 4) is 5.75 Å². The van der Waals surface area contributed by atoms with Gasteiger partial charge in [-0.05, 0) is 77.0 Å². The van der Waals surface area contributed by atoms with Gasteiger partial charge in [0, 0.05) is 0 Å².